The van der Waals surface area contributed by atoms with E-state index in [0.717, 1.165) is 31.2 Å². The average Bonchev–Trinajstić information content (AvgIpc) is 3.01. The summed E-state index contributed by atoms with van der Waals surface area (Å²) in [5.74, 6) is 2.56. The Balaban J connectivity index is 1.61. The van der Waals surface area contributed by atoms with Crippen molar-refractivity contribution in [2.24, 2.45) is 5.92 Å². The molecule has 1 saturated carbocycles. The molecule has 2 nitrogen and oxygen atoms in total. The van der Waals surface area contributed by atoms with Crippen LogP contribution in [0.2, 0.25) is 5.82 Å². The van der Waals surface area contributed by atoms with Gasteiger partial charge in [0.2, 0.25) is 5.91 Å². The molecule has 1 saturated heterocycles. The molecule has 3 rings (SSSR count). The number of carbonyl (C=O) groups excluding carboxylic acids is 1. The summed E-state index contributed by atoms with van der Waals surface area (Å²) in [7, 11) is 2.33. The van der Waals surface area contributed by atoms with Crippen LogP contribution in [0.5, 0.6) is 0 Å². The summed E-state index contributed by atoms with van der Waals surface area (Å²) in [5, 5.41) is 0. The van der Waals surface area contributed by atoms with Crippen LogP contribution < -0.4 is 0 Å². The second kappa shape index (κ2) is 4.70. The minimum absolute atomic E-state index is 0.214. The molecule has 1 aromatic carbocycles. The molecule has 1 aromatic rings. The SMILES string of the molecule is BC1CC1c1ccc(CC2CN(C(C)=O)C2)c(C)c1. The predicted molar refractivity (Wildman–Crippen MR) is 80.3 cm³/mol. The quantitative estimate of drug-likeness (QED) is 0.756. The largest absolute Gasteiger partial charge is 0.342 e. The topological polar surface area (TPSA) is 20.3 Å². The van der Waals surface area contributed by atoms with Crippen molar-refractivity contribution in [1.82, 2.24) is 4.90 Å². The van der Waals surface area contributed by atoms with Crippen LogP contribution in [0.3, 0.4) is 0 Å². The summed E-state index contributed by atoms with van der Waals surface area (Å²) >= 11 is 0. The monoisotopic (exact) mass is 255 g/mol. The van der Waals surface area contributed by atoms with Crippen molar-refractivity contribution in [3.8, 4) is 0 Å². The van der Waals surface area contributed by atoms with Crippen LogP contribution in [0.25, 0.3) is 0 Å². The molecular formula is C16H22BNO. The van der Waals surface area contributed by atoms with Crippen molar-refractivity contribution in [2.45, 2.75) is 38.4 Å². The lowest BCUT2D eigenvalue weighted by molar-refractivity contribution is -0.134. The van der Waals surface area contributed by atoms with E-state index in [1.54, 1.807) is 6.92 Å². The van der Waals surface area contributed by atoms with Gasteiger partial charge in [0.25, 0.3) is 0 Å². The van der Waals surface area contributed by atoms with Crippen LogP contribution in [-0.4, -0.2) is 31.7 Å². The highest BCUT2D eigenvalue weighted by atomic mass is 16.2. The minimum atomic E-state index is 0.214. The summed E-state index contributed by atoms with van der Waals surface area (Å²) in [5.41, 5.74) is 4.41. The van der Waals surface area contributed by atoms with Gasteiger partial charge in [0, 0.05) is 20.0 Å². The van der Waals surface area contributed by atoms with E-state index in [0.29, 0.717) is 5.92 Å². The van der Waals surface area contributed by atoms with Crippen LogP contribution in [0.4, 0.5) is 0 Å². The van der Waals surface area contributed by atoms with E-state index in [4.69, 9.17) is 0 Å². The fourth-order valence-corrected chi connectivity index (χ4v) is 3.23. The Labute approximate surface area is 116 Å². The molecule has 2 aliphatic rings. The van der Waals surface area contributed by atoms with Crippen molar-refractivity contribution < 1.29 is 4.79 Å². The molecule has 1 amide bonds. The number of aryl methyl sites for hydroxylation is 1. The summed E-state index contributed by atoms with van der Waals surface area (Å²) < 4.78 is 0. The molecular weight excluding hydrogens is 233 g/mol. The van der Waals surface area contributed by atoms with Gasteiger partial charge >= 0.3 is 0 Å². The smallest absolute Gasteiger partial charge is 0.219 e. The summed E-state index contributed by atoms with van der Waals surface area (Å²) in [6.45, 7) is 5.77. The second-order valence-corrected chi connectivity index (χ2v) is 6.50. The summed E-state index contributed by atoms with van der Waals surface area (Å²) in [6.07, 6.45) is 2.48. The molecule has 19 heavy (non-hydrogen) atoms. The third-order valence-corrected chi connectivity index (χ3v) is 4.82. The first-order valence-electron chi connectivity index (χ1n) is 7.39. The van der Waals surface area contributed by atoms with E-state index in [-0.39, 0.29) is 5.91 Å². The molecule has 0 radical (unpaired) electrons. The minimum Gasteiger partial charge on any atom is -0.342 e. The maximum atomic E-state index is 11.2. The Morgan fingerprint density at radius 3 is 2.63 bits per heavy atom. The van der Waals surface area contributed by atoms with Crippen molar-refractivity contribution in [2.75, 3.05) is 13.1 Å². The van der Waals surface area contributed by atoms with Crippen LogP contribution in [0, 0.1) is 12.8 Å². The Morgan fingerprint density at radius 2 is 2.11 bits per heavy atom. The third kappa shape index (κ3) is 2.56. The molecule has 3 heteroatoms. The molecule has 100 valence electrons. The summed E-state index contributed by atoms with van der Waals surface area (Å²) in [6, 6.07) is 7.01. The molecule has 1 aliphatic carbocycles. The zero-order valence-corrected chi connectivity index (χ0v) is 12.1. The average molecular weight is 255 g/mol. The van der Waals surface area contributed by atoms with E-state index < -0.39 is 0 Å². The second-order valence-electron chi connectivity index (χ2n) is 6.50. The van der Waals surface area contributed by atoms with Gasteiger partial charge in [0.15, 0.2) is 0 Å². The maximum absolute atomic E-state index is 11.2. The maximum Gasteiger partial charge on any atom is 0.219 e. The molecule has 0 spiro atoms. The molecule has 2 atom stereocenters. The van der Waals surface area contributed by atoms with Gasteiger partial charge in [-0.3, -0.25) is 4.79 Å². The molecule has 0 bridgehead atoms. The predicted octanol–water partition coefficient (Wildman–Crippen LogP) is 1.92. The lowest BCUT2D eigenvalue weighted by atomic mass is 9.88. The standard InChI is InChI=1S/C16H22BNO/c1-10-5-14(15-7-16(15)17)4-3-13(10)6-12-8-18(9-12)11(2)19/h3-5,12,15-16H,6-9,17H2,1-2H3. The third-order valence-electron chi connectivity index (χ3n) is 4.82. The highest BCUT2D eigenvalue weighted by molar-refractivity contribution is 6.14. The number of amides is 1. The van der Waals surface area contributed by atoms with Crippen LogP contribution >= 0.6 is 0 Å². The van der Waals surface area contributed by atoms with E-state index in [1.165, 1.54) is 23.1 Å². The molecule has 1 heterocycles. The first-order chi connectivity index (χ1) is 9.04. The zero-order chi connectivity index (χ0) is 13.6. The zero-order valence-electron chi connectivity index (χ0n) is 12.1. The van der Waals surface area contributed by atoms with Crippen molar-refractivity contribution >= 4 is 13.8 Å². The van der Waals surface area contributed by atoms with Gasteiger partial charge in [-0.25, -0.2) is 0 Å². The van der Waals surface area contributed by atoms with Crippen LogP contribution in [-0.2, 0) is 11.2 Å². The first-order valence-corrected chi connectivity index (χ1v) is 7.39. The normalized spacial score (nSPS) is 26.1. The van der Waals surface area contributed by atoms with Crippen molar-refractivity contribution in [1.29, 1.82) is 0 Å². The number of nitrogens with zero attached hydrogens (tertiary/aromatic N) is 1. The number of likely N-dealkylation sites (tertiary alicyclic amines) is 1. The molecule has 0 N–H and O–H groups in total. The Morgan fingerprint density at radius 1 is 1.42 bits per heavy atom. The number of hydrogen-bond donors (Lipinski definition) is 0. The molecule has 2 unspecified atom stereocenters. The molecule has 2 fully saturated rings. The van der Waals surface area contributed by atoms with Gasteiger partial charge in [-0.2, -0.15) is 0 Å². The fourth-order valence-electron chi connectivity index (χ4n) is 3.23. The Kier molecular flexibility index (Phi) is 3.16. The van der Waals surface area contributed by atoms with Crippen molar-refractivity contribution in [3.05, 3.63) is 34.9 Å². The summed E-state index contributed by atoms with van der Waals surface area (Å²) in [4.78, 5) is 13.1. The van der Waals surface area contributed by atoms with Gasteiger partial charge in [0.1, 0.15) is 7.85 Å². The van der Waals surface area contributed by atoms with Crippen LogP contribution in [0.1, 0.15) is 36.0 Å². The van der Waals surface area contributed by atoms with Gasteiger partial charge in [-0.05, 0) is 41.9 Å². The highest BCUT2D eigenvalue weighted by Gasteiger charge is 2.34. The fraction of sp³-hybridized carbons (Fsp3) is 0.562. The number of rotatable bonds is 3. The Hall–Kier alpha value is -1.25. The number of hydrogen-bond acceptors (Lipinski definition) is 1. The van der Waals surface area contributed by atoms with E-state index in [2.05, 4.69) is 33.0 Å². The number of benzene rings is 1. The van der Waals surface area contributed by atoms with Gasteiger partial charge < -0.3 is 4.90 Å². The first kappa shape index (κ1) is 12.8. The van der Waals surface area contributed by atoms with Crippen molar-refractivity contribution in [3.63, 3.8) is 0 Å². The Bertz CT molecular complexity index is 507. The highest BCUT2D eigenvalue weighted by Crippen LogP contribution is 2.50. The van der Waals surface area contributed by atoms with E-state index in [1.807, 2.05) is 4.90 Å². The van der Waals surface area contributed by atoms with Gasteiger partial charge in [-0.1, -0.05) is 30.4 Å². The van der Waals surface area contributed by atoms with Gasteiger partial charge in [-0.15, -0.1) is 0 Å². The van der Waals surface area contributed by atoms with Gasteiger partial charge in [0.05, 0.1) is 0 Å². The molecule has 1 aliphatic heterocycles. The van der Waals surface area contributed by atoms with E-state index >= 15 is 0 Å². The lowest BCUT2D eigenvalue weighted by Gasteiger charge is -2.39. The van der Waals surface area contributed by atoms with E-state index in [9.17, 15) is 4.79 Å². The lowest BCUT2D eigenvalue weighted by Crippen LogP contribution is -2.49. The number of carbonyl (C=O) groups is 1. The van der Waals surface area contributed by atoms with Crippen LogP contribution in [0.15, 0.2) is 18.2 Å². The molecule has 0 aromatic heterocycles.